The summed E-state index contributed by atoms with van der Waals surface area (Å²) in [6.45, 7) is 0. The maximum Gasteiger partial charge on any atom is 0.342 e. The molecule has 2 aromatic rings. The van der Waals surface area contributed by atoms with Crippen LogP contribution >= 0.6 is 0 Å². The summed E-state index contributed by atoms with van der Waals surface area (Å²) in [6, 6.07) is 19.5. The summed E-state index contributed by atoms with van der Waals surface area (Å²) in [7, 11) is 0. The number of hydrogen-bond acceptors (Lipinski definition) is 3. The molecule has 19 heavy (non-hydrogen) atoms. The van der Waals surface area contributed by atoms with Gasteiger partial charge in [0.1, 0.15) is 0 Å². The SMILES string of the molecule is O=C1ON=C(c2ccccc2)CC1c1ccccc1. The first kappa shape index (κ1) is 11.7. The van der Waals surface area contributed by atoms with Crippen molar-refractivity contribution in [2.75, 3.05) is 0 Å². The average Bonchev–Trinajstić information content (AvgIpc) is 2.49. The van der Waals surface area contributed by atoms with Gasteiger partial charge in [0.15, 0.2) is 0 Å². The molecule has 94 valence electrons. The van der Waals surface area contributed by atoms with Gasteiger partial charge in [0.05, 0.1) is 11.6 Å². The van der Waals surface area contributed by atoms with Crippen molar-refractivity contribution < 1.29 is 9.63 Å². The van der Waals surface area contributed by atoms with Crippen LogP contribution in [-0.4, -0.2) is 11.7 Å². The van der Waals surface area contributed by atoms with Crippen LogP contribution in [0.5, 0.6) is 0 Å². The lowest BCUT2D eigenvalue weighted by Crippen LogP contribution is -2.23. The highest BCUT2D eigenvalue weighted by Gasteiger charge is 2.29. The monoisotopic (exact) mass is 251 g/mol. The summed E-state index contributed by atoms with van der Waals surface area (Å²) in [5, 5.41) is 3.92. The third kappa shape index (κ3) is 2.40. The lowest BCUT2D eigenvalue weighted by molar-refractivity contribution is -0.146. The highest BCUT2D eigenvalue weighted by molar-refractivity contribution is 6.04. The van der Waals surface area contributed by atoms with E-state index >= 15 is 0 Å². The third-order valence-corrected chi connectivity index (χ3v) is 3.24. The van der Waals surface area contributed by atoms with Gasteiger partial charge in [-0.25, -0.2) is 4.79 Å². The Hall–Kier alpha value is -2.42. The fraction of sp³-hybridized carbons (Fsp3) is 0.125. The highest BCUT2D eigenvalue weighted by Crippen LogP contribution is 2.27. The Labute approximate surface area is 111 Å². The van der Waals surface area contributed by atoms with Crippen LogP contribution in [0, 0.1) is 0 Å². The number of oxime groups is 1. The molecule has 0 aromatic heterocycles. The van der Waals surface area contributed by atoms with E-state index in [1.165, 1.54) is 0 Å². The first-order valence-corrected chi connectivity index (χ1v) is 6.22. The molecule has 0 saturated heterocycles. The van der Waals surface area contributed by atoms with Gasteiger partial charge in [-0.2, -0.15) is 0 Å². The van der Waals surface area contributed by atoms with Crippen molar-refractivity contribution in [3.8, 4) is 0 Å². The van der Waals surface area contributed by atoms with Crippen molar-refractivity contribution in [3.05, 3.63) is 71.8 Å². The molecule has 2 aromatic carbocycles. The van der Waals surface area contributed by atoms with Crippen LogP contribution in [0.15, 0.2) is 65.8 Å². The molecule has 1 aliphatic rings. The predicted octanol–water partition coefficient (Wildman–Crippen LogP) is 3.12. The van der Waals surface area contributed by atoms with Crippen LogP contribution in [-0.2, 0) is 9.63 Å². The molecule has 1 aliphatic heterocycles. The molecule has 1 heterocycles. The van der Waals surface area contributed by atoms with Gasteiger partial charge in [-0.15, -0.1) is 0 Å². The Morgan fingerprint density at radius 3 is 2.26 bits per heavy atom. The lowest BCUT2D eigenvalue weighted by atomic mass is 9.90. The zero-order valence-corrected chi connectivity index (χ0v) is 10.3. The van der Waals surface area contributed by atoms with E-state index in [-0.39, 0.29) is 11.9 Å². The van der Waals surface area contributed by atoms with Crippen LogP contribution in [0.1, 0.15) is 23.5 Å². The average molecular weight is 251 g/mol. The van der Waals surface area contributed by atoms with Gasteiger partial charge in [-0.3, -0.25) is 0 Å². The molecule has 0 aliphatic carbocycles. The molecule has 3 nitrogen and oxygen atoms in total. The Morgan fingerprint density at radius 1 is 0.947 bits per heavy atom. The second-order valence-corrected chi connectivity index (χ2v) is 4.48. The van der Waals surface area contributed by atoms with E-state index in [2.05, 4.69) is 5.16 Å². The molecule has 0 amide bonds. The number of carbonyl (C=O) groups is 1. The third-order valence-electron chi connectivity index (χ3n) is 3.24. The number of rotatable bonds is 2. The van der Waals surface area contributed by atoms with Gasteiger partial charge in [-0.05, 0) is 11.1 Å². The van der Waals surface area contributed by atoms with Crippen molar-refractivity contribution >= 4 is 11.7 Å². The van der Waals surface area contributed by atoms with E-state index in [9.17, 15) is 4.79 Å². The van der Waals surface area contributed by atoms with E-state index in [0.29, 0.717) is 6.42 Å². The van der Waals surface area contributed by atoms with Crippen molar-refractivity contribution in [2.45, 2.75) is 12.3 Å². The van der Waals surface area contributed by atoms with Crippen molar-refractivity contribution in [1.29, 1.82) is 0 Å². The molecule has 0 N–H and O–H groups in total. The normalized spacial score (nSPS) is 18.6. The Kier molecular flexibility index (Phi) is 3.11. The second kappa shape index (κ2) is 5.06. The summed E-state index contributed by atoms with van der Waals surface area (Å²) in [5.74, 6) is -0.556. The number of benzene rings is 2. The smallest absolute Gasteiger partial charge is 0.317 e. The predicted molar refractivity (Wildman–Crippen MR) is 72.9 cm³/mol. The Morgan fingerprint density at radius 2 is 1.58 bits per heavy atom. The molecule has 0 fully saturated rings. The standard InChI is InChI=1S/C16H13NO2/c18-16-14(12-7-3-1-4-8-12)11-15(17-19-16)13-9-5-2-6-10-13/h1-10,14H,11H2. The Bertz CT molecular complexity index is 605. The molecular formula is C16H13NO2. The van der Waals surface area contributed by atoms with E-state index in [1.54, 1.807) is 0 Å². The van der Waals surface area contributed by atoms with E-state index in [0.717, 1.165) is 16.8 Å². The fourth-order valence-electron chi connectivity index (χ4n) is 2.22. The molecule has 1 atom stereocenters. The van der Waals surface area contributed by atoms with E-state index in [1.807, 2.05) is 60.7 Å². The van der Waals surface area contributed by atoms with Crippen molar-refractivity contribution in [3.63, 3.8) is 0 Å². The van der Waals surface area contributed by atoms with Gasteiger partial charge in [0, 0.05) is 6.42 Å². The second-order valence-electron chi connectivity index (χ2n) is 4.48. The maximum atomic E-state index is 11.8. The van der Waals surface area contributed by atoms with Gasteiger partial charge in [0.2, 0.25) is 0 Å². The van der Waals surface area contributed by atoms with Crippen LogP contribution in [0.25, 0.3) is 0 Å². The Balaban J connectivity index is 1.90. The van der Waals surface area contributed by atoms with Crippen LogP contribution in [0.3, 0.4) is 0 Å². The van der Waals surface area contributed by atoms with Crippen molar-refractivity contribution in [1.82, 2.24) is 0 Å². The number of hydrogen-bond donors (Lipinski definition) is 0. The van der Waals surface area contributed by atoms with E-state index < -0.39 is 0 Å². The molecule has 0 bridgehead atoms. The summed E-state index contributed by atoms with van der Waals surface area (Å²) >= 11 is 0. The van der Waals surface area contributed by atoms with Crippen LogP contribution in [0.4, 0.5) is 0 Å². The van der Waals surface area contributed by atoms with Gasteiger partial charge in [-0.1, -0.05) is 65.8 Å². The molecular weight excluding hydrogens is 238 g/mol. The first-order chi connectivity index (χ1) is 9.34. The van der Waals surface area contributed by atoms with Crippen molar-refractivity contribution in [2.24, 2.45) is 5.16 Å². The molecule has 0 saturated carbocycles. The minimum atomic E-state index is -0.286. The summed E-state index contributed by atoms with van der Waals surface area (Å²) < 4.78 is 0. The summed E-state index contributed by atoms with van der Waals surface area (Å²) in [6.07, 6.45) is 0.576. The quantitative estimate of drug-likeness (QED) is 0.769. The van der Waals surface area contributed by atoms with E-state index in [4.69, 9.17) is 4.84 Å². The van der Waals surface area contributed by atoms with Crippen LogP contribution < -0.4 is 0 Å². The highest BCUT2D eigenvalue weighted by atomic mass is 16.7. The lowest BCUT2D eigenvalue weighted by Gasteiger charge is -2.20. The minimum absolute atomic E-state index is 0.270. The minimum Gasteiger partial charge on any atom is -0.317 e. The van der Waals surface area contributed by atoms with Gasteiger partial charge >= 0.3 is 5.97 Å². The maximum absolute atomic E-state index is 11.8. The topological polar surface area (TPSA) is 38.7 Å². The summed E-state index contributed by atoms with van der Waals surface area (Å²) in [5.41, 5.74) is 2.78. The fourth-order valence-corrected chi connectivity index (χ4v) is 2.22. The van der Waals surface area contributed by atoms with Crippen LogP contribution in [0.2, 0.25) is 0 Å². The zero-order chi connectivity index (χ0) is 13.1. The molecule has 0 radical (unpaired) electrons. The zero-order valence-electron chi connectivity index (χ0n) is 10.3. The molecule has 3 heteroatoms. The number of carbonyl (C=O) groups excluding carboxylic acids is 1. The molecule has 3 rings (SSSR count). The first-order valence-electron chi connectivity index (χ1n) is 6.22. The van der Waals surface area contributed by atoms with Gasteiger partial charge in [0.25, 0.3) is 0 Å². The molecule has 0 spiro atoms. The number of nitrogens with zero attached hydrogens (tertiary/aromatic N) is 1. The largest absolute Gasteiger partial charge is 0.342 e. The van der Waals surface area contributed by atoms with Gasteiger partial charge < -0.3 is 4.84 Å². The summed E-state index contributed by atoms with van der Waals surface area (Å²) in [4.78, 5) is 16.8. The molecule has 1 unspecified atom stereocenters.